The van der Waals surface area contributed by atoms with Gasteiger partial charge in [0.15, 0.2) is 6.29 Å². The van der Waals surface area contributed by atoms with Crippen LogP contribution in [0, 0.1) is 20.8 Å². The molecule has 0 aromatic heterocycles. The van der Waals surface area contributed by atoms with Gasteiger partial charge in [-0.25, -0.2) is 0 Å². The lowest BCUT2D eigenvalue weighted by Crippen LogP contribution is -2.14. The molecular weight excluding hydrogens is 196 g/mol. The number of hydrogen-bond acceptors (Lipinski definition) is 1. The molecule has 0 bridgehead atoms. The maximum Gasteiger partial charge on any atom is 0.150 e. The standard InChI is InChI=1S/C15H20O/c1-9-6-5-7-13-12(4)14(8-16)10(2)11(3)15(9)13/h8-9H,5-7H2,1-4H3. The number of rotatable bonds is 1. The van der Waals surface area contributed by atoms with Crippen LogP contribution in [-0.2, 0) is 6.42 Å². The monoisotopic (exact) mass is 216 g/mol. The fourth-order valence-electron chi connectivity index (χ4n) is 3.17. The first-order valence-corrected chi connectivity index (χ1v) is 6.15. The Morgan fingerprint density at radius 3 is 2.44 bits per heavy atom. The van der Waals surface area contributed by atoms with Crippen LogP contribution in [0.25, 0.3) is 0 Å². The van der Waals surface area contributed by atoms with Crippen molar-refractivity contribution in [2.24, 2.45) is 0 Å². The van der Waals surface area contributed by atoms with Crippen molar-refractivity contribution >= 4 is 6.29 Å². The summed E-state index contributed by atoms with van der Waals surface area (Å²) in [7, 11) is 0. The van der Waals surface area contributed by atoms with Gasteiger partial charge in [-0.05, 0) is 73.8 Å². The van der Waals surface area contributed by atoms with E-state index < -0.39 is 0 Å². The second-order valence-corrected chi connectivity index (χ2v) is 5.09. The zero-order valence-electron chi connectivity index (χ0n) is 10.7. The van der Waals surface area contributed by atoms with Crippen molar-refractivity contribution in [2.45, 2.75) is 52.9 Å². The normalized spacial score (nSPS) is 19.4. The van der Waals surface area contributed by atoms with Crippen molar-refractivity contribution in [3.8, 4) is 0 Å². The predicted molar refractivity (Wildman–Crippen MR) is 67.4 cm³/mol. The van der Waals surface area contributed by atoms with Crippen LogP contribution in [0.1, 0.15) is 63.9 Å². The highest BCUT2D eigenvalue weighted by Crippen LogP contribution is 2.38. The van der Waals surface area contributed by atoms with Crippen LogP contribution in [0.15, 0.2) is 0 Å². The first-order valence-electron chi connectivity index (χ1n) is 6.15. The third-order valence-electron chi connectivity index (χ3n) is 4.23. The van der Waals surface area contributed by atoms with Gasteiger partial charge in [-0.2, -0.15) is 0 Å². The molecule has 0 spiro atoms. The van der Waals surface area contributed by atoms with Crippen molar-refractivity contribution in [3.63, 3.8) is 0 Å². The molecule has 1 aromatic carbocycles. The summed E-state index contributed by atoms with van der Waals surface area (Å²) in [6.07, 6.45) is 4.72. The first kappa shape index (κ1) is 11.4. The zero-order valence-corrected chi connectivity index (χ0v) is 10.7. The average Bonchev–Trinajstić information content (AvgIpc) is 2.27. The SMILES string of the molecule is Cc1c(C)c2c(c(C)c1C=O)CCCC2C. The summed E-state index contributed by atoms with van der Waals surface area (Å²) >= 11 is 0. The van der Waals surface area contributed by atoms with Crippen LogP contribution >= 0.6 is 0 Å². The van der Waals surface area contributed by atoms with E-state index in [2.05, 4.69) is 27.7 Å². The lowest BCUT2D eigenvalue weighted by molar-refractivity contribution is 0.112. The number of carbonyl (C=O) groups excluding carboxylic acids is 1. The van der Waals surface area contributed by atoms with E-state index in [1.54, 1.807) is 0 Å². The molecule has 16 heavy (non-hydrogen) atoms. The molecule has 0 radical (unpaired) electrons. The molecule has 0 amide bonds. The molecule has 0 fully saturated rings. The molecule has 0 aliphatic heterocycles. The van der Waals surface area contributed by atoms with Crippen LogP contribution in [0.2, 0.25) is 0 Å². The van der Waals surface area contributed by atoms with Crippen molar-refractivity contribution in [1.82, 2.24) is 0 Å². The summed E-state index contributed by atoms with van der Waals surface area (Å²) in [5.41, 5.74) is 7.63. The average molecular weight is 216 g/mol. The Balaban J connectivity index is 2.77. The summed E-state index contributed by atoms with van der Waals surface area (Å²) in [6.45, 7) is 8.66. The Kier molecular flexibility index (Phi) is 2.88. The van der Waals surface area contributed by atoms with Gasteiger partial charge in [-0.3, -0.25) is 4.79 Å². The Labute approximate surface area is 97.9 Å². The molecular formula is C15H20O. The van der Waals surface area contributed by atoms with Gasteiger partial charge >= 0.3 is 0 Å². The fraction of sp³-hybridized carbons (Fsp3) is 0.533. The molecule has 0 saturated carbocycles. The summed E-state index contributed by atoms with van der Waals surface area (Å²) in [4.78, 5) is 11.2. The maximum atomic E-state index is 11.2. The quantitative estimate of drug-likeness (QED) is 0.651. The van der Waals surface area contributed by atoms with Gasteiger partial charge in [-0.1, -0.05) is 6.92 Å². The number of aldehydes is 1. The Morgan fingerprint density at radius 1 is 1.12 bits per heavy atom. The van der Waals surface area contributed by atoms with E-state index in [0.717, 1.165) is 18.3 Å². The van der Waals surface area contributed by atoms with Gasteiger partial charge in [0.2, 0.25) is 0 Å². The second-order valence-electron chi connectivity index (χ2n) is 5.09. The Bertz CT molecular complexity index is 443. The third kappa shape index (κ3) is 1.50. The molecule has 1 aliphatic carbocycles. The Morgan fingerprint density at radius 2 is 1.81 bits per heavy atom. The molecule has 86 valence electrons. The van der Waals surface area contributed by atoms with Gasteiger partial charge in [-0.15, -0.1) is 0 Å². The first-order chi connectivity index (χ1) is 7.57. The van der Waals surface area contributed by atoms with Crippen molar-refractivity contribution in [1.29, 1.82) is 0 Å². The minimum Gasteiger partial charge on any atom is -0.298 e. The van der Waals surface area contributed by atoms with Gasteiger partial charge in [0, 0.05) is 5.56 Å². The van der Waals surface area contributed by atoms with Gasteiger partial charge in [0.1, 0.15) is 0 Å². The third-order valence-corrected chi connectivity index (χ3v) is 4.23. The lowest BCUT2D eigenvalue weighted by atomic mass is 9.76. The molecule has 0 heterocycles. The second kappa shape index (κ2) is 4.04. The van der Waals surface area contributed by atoms with E-state index in [1.165, 1.54) is 40.7 Å². The largest absolute Gasteiger partial charge is 0.298 e. The topological polar surface area (TPSA) is 17.1 Å². The zero-order chi connectivity index (χ0) is 11.9. The Hall–Kier alpha value is -1.11. The maximum absolute atomic E-state index is 11.2. The number of fused-ring (bicyclic) bond motifs is 1. The summed E-state index contributed by atoms with van der Waals surface area (Å²) < 4.78 is 0. The van der Waals surface area contributed by atoms with Gasteiger partial charge in [0.25, 0.3) is 0 Å². The van der Waals surface area contributed by atoms with E-state index in [1.807, 2.05) is 0 Å². The summed E-state index contributed by atoms with van der Waals surface area (Å²) in [5, 5.41) is 0. The molecule has 0 N–H and O–H groups in total. The minimum absolute atomic E-state index is 0.654. The van der Waals surface area contributed by atoms with Crippen LogP contribution in [0.5, 0.6) is 0 Å². The fourth-order valence-corrected chi connectivity index (χ4v) is 3.17. The highest BCUT2D eigenvalue weighted by atomic mass is 16.1. The molecule has 0 saturated heterocycles. The minimum atomic E-state index is 0.654. The van der Waals surface area contributed by atoms with Crippen molar-refractivity contribution in [3.05, 3.63) is 33.4 Å². The summed E-state index contributed by atoms with van der Waals surface area (Å²) in [5.74, 6) is 0.654. The molecule has 1 atom stereocenters. The number of benzene rings is 1. The van der Waals surface area contributed by atoms with E-state index >= 15 is 0 Å². The molecule has 1 unspecified atom stereocenters. The molecule has 1 aromatic rings. The van der Waals surface area contributed by atoms with E-state index in [-0.39, 0.29) is 0 Å². The summed E-state index contributed by atoms with van der Waals surface area (Å²) in [6, 6.07) is 0. The van der Waals surface area contributed by atoms with Crippen molar-refractivity contribution in [2.75, 3.05) is 0 Å². The van der Waals surface area contributed by atoms with Crippen LogP contribution in [0.4, 0.5) is 0 Å². The number of carbonyl (C=O) groups is 1. The number of hydrogen-bond donors (Lipinski definition) is 0. The van der Waals surface area contributed by atoms with Crippen LogP contribution in [0.3, 0.4) is 0 Å². The molecule has 1 nitrogen and oxygen atoms in total. The molecule has 1 aliphatic rings. The highest BCUT2D eigenvalue weighted by molar-refractivity contribution is 5.82. The van der Waals surface area contributed by atoms with Crippen molar-refractivity contribution < 1.29 is 4.79 Å². The van der Waals surface area contributed by atoms with E-state index in [0.29, 0.717) is 5.92 Å². The lowest BCUT2D eigenvalue weighted by Gasteiger charge is -2.28. The smallest absolute Gasteiger partial charge is 0.150 e. The highest BCUT2D eigenvalue weighted by Gasteiger charge is 2.23. The van der Waals surface area contributed by atoms with E-state index in [9.17, 15) is 4.79 Å². The van der Waals surface area contributed by atoms with Gasteiger partial charge in [0.05, 0.1) is 0 Å². The molecule has 2 rings (SSSR count). The van der Waals surface area contributed by atoms with E-state index in [4.69, 9.17) is 0 Å². The van der Waals surface area contributed by atoms with Gasteiger partial charge < -0.3 is 0 Å². The predicted octanol–water partition coefficient (Wildman–Crippen LogP) is 3.86. The molecule has 1 heteroatoms. The van der Waals surface area contributed by atoms with Crippen LogP contribution in [-0.4, -0.2) is 6.29 Å². The van der Waals surface area contributed by atoms with Crippen LogP contribution < -0.4 is 0 Å².